The molecule has 1 heterocycles. The molecule has 0 spiro atoms. The summed E-state index contributed by atoms with van der Waals surface area (Å²) >= 11 is 5.86. The van der Waals surface area contributed by atoms with Gasteiger partial charge in [0, 0.05) is 30.2 Å². The van der Waals surface area contributed by atoms with Gasteiger partial charge in [-0.25, -0.2) is 0 Å². The summed E-state index contributed by atoms with van der Waals surface area (Å²) in [5.41, 5.74) is 1.09. The third-order valence-corrected chi connectivity index (χ3v) is 4.93. The predicted octanol–water partition coefficient (Wildman–Crippen LogP) is 3.24. The Morgan fingerprint density at radius 1 is 1.15 bits per heavy atom. The van der Waals surface area contributed by atoms with Crippen molar-refractivity contribution in [3.8, 4) is 11.5 Å². The molecule has 1 aliphatic rings. The van der Waals surface area contributed by atoms with Crippen molar-refractivity contribution in [1.29, 1.82) is 0 Å². The van der Waals surface area contributed by atoms with Gasteiger partial charge in [0.15, 0.2) is 6.61 Å². The largest absolute Gasteiger partial charge is 0.496 e. The van der Waals surface area contributed by atoms with Gasteiger partial charge >= 0.3 is 0 Å². The molecule has 6 heteroatoms. The number of rotatable bonds is 5. The zero-order valence-electron chi connectivity index (χ0n) is 15.0. The average molecular weight is 375 g/mol. The summed E-state index contributed by atoms with van der Waals surface area (Å²) in [7, 11) is 3.74. The van der Waals surface area contributed by atoms with E-state index in [1.807, 2.05) is 23.1 Å². The molecule has 1 saturated heterocycles. The van der Waals surface area contributed by atoms with Crippen molar-refractivity contribution in [1.82, 2.24) is 9.80 Å². The number of carbonyl (C=O) groups is 1. The first kappa shape index (κ1) is 18.5. The second kappa shape index (κ2) is 8.43. The van der Waals surface area contributed by atoms with Crippen LogP contribution in [0.15, 0.2) is 48.5 Å². The van der Waals surface area contributed by atoms with Gasteiger partial charge in [0.25, 0.3) is 5.91 Å². The molecule has 5 nitrogen and oxygen atoms in total. The highest BCUT2D eigenvalue weighted by atomic mass is 35.5. The van der Waals surface area contributed by atoms with Crippen molar-refractivity contribution >= 4 is 17.5 Å². The van der Waals surface area contributed by atoms with Gasteiger partial charge in [0.2, 0.25) is 0 Å². The number of nitrogens with zero attached hydrogens (tertiary/aromatic N) is 2. The normalized spacial score (nSPS) is 17.8. The molecule has 2 aromatic rings. The van der Waals surface area contributed by atoms with Gasteiger partial charge in [-0.05, 0) is 37.4 Å². The number of likely N-dealkylation sites (N-methyl/N-ethyl adjacent to an activating group) is 1. The van der Waals surface area contributed by atoms with E-state index in [0.29, 0.717) is 23.9 Å². The maximum atomic E-state index is 12.6. The second-order valence-electron chi connectivity index (χ2n) is 6.32. The molecule has 2 aromatic carbocycles. The summed E-state index contributed by atoms with van der Waals surface area (Å²) in [5.74, 6) is 1.46. The molecule has 0 bridgehead atoms. The molecule has 1 unspecified atom stereocenters. The van der Waals surface area contributed by atoms with Crippen LogP contribution >= 0.6 is 11.6 Å². The molecule has 1 aliphatic heterocycles. The van der Waals surface area contributed by atoms with Crippen LogP contribution in [-0.4, -0.2) is 56.1 Å². The molecule has 0 radical (unpaired) electrons. The van der Waals surface area contributed by atoms with E-state index in [0.717, 1.165) is 17.9 Å². The van der Waals surface area contributed by atoms with Crippen molar-refractivity contribution in [3.05, 3.63) is 59.1 Å². The number of hydrogen-bond acceptors (Lipinski definition) is 4. The van der Waals surface area contributed by atoms with Crippen LogP contribution in [0.2, 0.25) is 5.02 Å². The zero-order valence-corrected chi connectivity index (χ0v) is 15.8. The average Bonchev–Trinajstić information content (AvgIpc) is 2.67. The lowest BCUT2D eigenvalue weighted by Crippen LogP contribution is -2.50. The Hall–Kier alpha value is -2.24. The van der Waals surface area contributed by atoms with Gasteiger partial charge in [0.1, 0.15) is 11.5 Å². The third-order valence-electron chi connectivity index (χ3n) is 4.67. The van der Waals surface area contributed by atoms with E-state index in [1.165, 1.54) is 0 Å². The summed E-state index contributed by atoms with van der Waals surface area (Å²) in [6.07, 6.45) is 0. The van der Waals surface area contributed by atoms with E-state index in [2.05, 4.69) is 18.0 Å². The number of amides is 1. The summed E-state index contributed by atoms with van der Waals surface area (Å²) in [6, 6.07) is 15.1. The topological polar surface area (TPSA) is 42.0 Å². The molecule has 138 valence electrons. The van der Waals surface area contributed by atoms with Crippen LogP contribution in [0.4, 0.5) is 0 Å². The molecular formula is C20H23ClN2O3. The number of piperazine rings is 1. The Labute approximate surface area is 159 Å². The summed E-state index contributed by atoms with van der Waals surface area (Å²) in [4.78, 5) is 16.7. The maximum Gasteiger partial charge on any atom is 0.260 e. The van der Waals surface area contributed by atoms with Crippen molar-refractivity contribution < 1.29 is 14.3 Å². The van der Waals surface area contributed by atoms with E-state index in [1.54, 1.807) is 31.4 Å². The van der Waals surface area contributed by atoms with Crippen LogP contribution in [0.25, 0.3) is 0 Å². The standard InChI is InChI=1S/C20H23ClN2O3/c1-22-11-12-23(13-18(22)17-5-3-4-6-19(17)25-2)20(24)14-26-16-9-7-15(21)8-10-16/h3-10,18H,11-14H2,1-2H3. The van der Waals surface area contributed by atoms with E-state index >= 15 is 0 Å². The third kappa shape index (κ3) is 4.29. The van der Waals surface area contributed by atoms with Crippen molar-refractivity contribution in [2.24, 2.45) is 0 Å². The van der Waals surface area contributed by atoms with Crippen LogP contribution in [0, 0.1) is 0 Å². The molecule has 3 rings (SSSR count). The van der Waals surface area contributed by atoms with Crippen LogP contribution in [0.1, 0.15) is 11.6 Å². The Balaban J connectivity index is 1.65. The molecule has 1 atom stereocenters. The van der Waals surface area contributed by atoms with Gasteiger partial charge in [0.05, 0.1) is 13.2 Å². The molecule has 1 amide bonds. The Kier molecular flexibility index (Phi) is 6.01. The summed E-state index contributed by atoms with van der Waals surface area (Å²) in [6.45, 7) is 2.12. The molecule has 0 aromatic heterocycles. The molecule has 0 N–H and O–H groups in total. The van der Waals surface area contributed by atoms with Gasteiger partial charge in [-0.3, -0.25) is 9.69 Å². The lowest BCUT2D eigenvalue weighted by atomic mass is 10.0. The van der Waals surface area contributed by atoms with Crippen molar-refractivity contribution in [3.63, 3.8) is 0 Å². The van der Waals surface area contributed by atoms with E-state index in [-0.39, 0.29) is 18.6 Å². The minimum absolute atomic E-state index is 0.0178. The van der Waals surface area contributed by atoms with Crippen molar-refractivity contribution in [2.45, 2.75) is 6.04 Å². The van der Waals surface area contributed by atoms with Crippen molar-refractivity contribution in [2.75, 3.05) is 40.4 Å². The molecule has 0 saturated carbocycles. The number of halogens is 1. The summed E-state index contributed by atoms with van der Waals surface area (Å²) in [5, 5.41) is 0.641. The highest BCUT2D eigenvalue weighted by Crippen LogP contribution is 2.31. The number of para-hydroxylation sites is 1. The first-order valence-electron chi connectivity index (χ1n) is 8.58. The van der Waals surface area contributed by atoms with Crippen LogP contribution in [0.5, 0.6) is 11.5 Å². The number of ether oxygens (including phenoxy) is 2. The Morgan fingerprint density at radius 2 is 1.88 bits per heavy atom. The molecule has 1 fully saturated rings. The zero-order chi connectivity index (χ0) is 18.5. The number of methoxy groups -OCH3 is 1. The maximum absolute atomic E-state index is 12.6. The monoisotopic (exact) mass is 374 g/mol. The van der Waals surface area contributed by atoms with Crippen LogP contribution in [0.3, 0.4) is 0 Å². The van der Waals surface area contributed by atoms with E-state index < -0.39 is 0 Å². The number of carbonyl (C=O) groups excluding carboxylic acids is 1. The quantitative estimate of drug-likeness (QED) is 0.805. The lowest BCUT2D eigenvalue weighted by Gasteiger charge is -2.40. The highest BCUT2D eigenvalue weighted by molar-refractivity contribution is 6.30. The fourth-order valence-corrected chi connectivity index (χ4v) is 3.27. The van der Waals surface area contributed by atoms with E-state index in [9.17, 15) is 4.79 Å². The number of hydrogen-bond donors (Lipinski definition) is 0. The van der Waals surface area contributed by atoms with Crippen LogP contribution in [-0.2, 0) is 4.79 Å². The fraction of sp³-hybridized carbons (Fsp3) is 0.350. The van der Waals surface area contributed by atoms with Gasteiger partial charge in [-0.15, -0.1) is 0 Å². The minimum atomic E-state index is -0.0204. The highest BCUT2D eigenvalue weighted by Gasteiger charge is 2.30. The summed E-state index contributed by atoms with van der Waals surface area (Å²) < 4.78 is 11.1. The predicted molar refractivity (Wildman–Crippen MR) is 102 cm³/mol. The Morgan fingerprint density at radius 3 is 2.62 bits per heavy atom. The smallest absolute Gasteiger partial charge is 0.260 e. The van der Waals surface area contributed by atoms with E-state index in [4.69, 9.17) is 21.1 Å². The van der Waals surface area contributed by atoms with Gasteiger partial charge < -0.3 is 14.4 Å². The second-order valence-corrected chi connectivity index (χ2v) is 6.76. The first-order chi connectivity index (χ1) is 12.6. The fourth-order valence-electron chi connectivity index (χ4n) is 3.14. The minimum Gasteiger partial charge on any atom is -0.496 e. The molecule has 26 heavy (non-hydrogen) atoms. The number of benzene rings is 2. The molecule has 0 aliphatic carbocycles. The van der Waals surface area contributed by atoms with Gasteiger partial charge in [-0.1, -0.05) is 29.8 Å². The first-order valence-corrected chi connectivity index (χ1v) is 8.95. The SMILES string of the molecule is COc1ccccc1C1CN(C(=O)COc2ccc(Cl)cc2)CCN1C. The molecular weight excluding hydrogens is 352 g/mol. The lowest BCUT2D eigenvalue weighted by molar-refractivity contribution is -0.136. The Bertz CT molecular complexity index is 751. The van der Waals surface area contributed by atoms with Gasteiger partial charge in [-0.2, -0.15) is 0 Å². The van der Waals surface area contributed by atoms with Crippen LogP contribution < -0.4 is 9.47 Å².